The van der Waals surface area contributed by atoms with Gasteiger partial charge in [-0.2, -0.15) is 0 Å². The molecule has 100 valence electrons. The van der Waals surface area contributed by atoms with Crippen molar-refractivity contribution < 1.29 is 19.1 Å². The molecule has 1 aromatic rings. The predicted octanol–water partition coefficient (Wildman–Crippen LogP) is 0.296. The molecule has 0 unspecified atom stereocenters. The van der Waals surface area contributed by atoms with E-state index in [4.69, 9.17) is 4.74 Å². The Morgan fingerprint density at radius 2 is 1.89 bits per heavy atom. The van der Waals surface area contributed by atoms with Crippen LogP contribution in [0.15, 0.2) is 24.3 Å². The number of morpholine rings is 1. The first-order chi connectivity index (χ1) is 9.22. The maximum absolute atomic E-state index is 12.3. The second-order valence-corrected chi connectivity index (χ2v) is 4.06. The van der Waals surface area contributed by atoms with Crippen molar-refractivity contribution in [1.29, 1.82) is 0 Å². The number of amides is 2. The summed E-state index contributed by atoms with van der Waals surface area (Å²) in [6.07, 6.45) is 0.177. The number of anilines is 1. The summed E-state index contributed by atoms with van der Waals surface area (Å²) >= 11 is 0. The van der Waals surface area contributed by atoms with Gasteiger partial charge < -0.3 is 15.0 Å². The van der Waals surface area contributed by atoms with Crippen LogP contribution in [0.3, 0.4) is 0 Å². The highest BCUT2D eigenvalue weighted by atomic mass is 16.5. The van der Waals surface area contributed by atoms with Gasteiger partial charge in [0, 0.05) is 13.1 Å². The van der Waals surface area contributed by atoms with Crippen LogP contribution < -0.4 is 5.32 Å². The molecule has 1 aliphatic rings. The fourth-order valence-corrected chi connectivity index (χ4v) is 1.88. The minimum Gasteiger partial charge on any atom is -0.378 e. The van der Waals surface area contributed by atoms with E-state index in [1.165, 1.54) is 0 Å². The largest absolute Gasteiger partial charge is 0.378 e. The zero-order valence-corrected chi connectivity index (χ0v) is 10.3. The number of nitrogens with one attached hydrogen (secondary N) is 1. The van der Waals surface area contributed by atoms with Crippen molar-refractivity contribution in [3.63, 3.8) is 0 Å². The lowest BCUT2D eigenvalue weighted by Gasteiger charge is -2.27. The number of rotatable bonds is 3. The van der Waals surface area contributed by atoms with Crippen molar-refractivity contribution in [1.82, 2.24) is 4.90 Å². The number of hydrogen-bond acceptors (Lipinski definition) is 4. The second-order valence-electron chi connectivity index (χ2n) is 4.06. The molecule has 1 N–H and O–H groups in total. The van der Waals surface area contributed by atoms with Crippen LogP contribution in [0, 0.1) is 0 Å². The highest BCUT2D eigenvalue weighted by Gasteiger charge is 2.21. The molecule has 1 heterocycles. The van der Waals surface area contributed by atoms with Gasteiger partial charge in [0.15, 0.2) is 0 Å². The molecule has 1 fully saturated rings. The Morgan fingerprint density at radius 1 is 1.21 bits per heavy atom. The van der Waals surface area contributed by atoms with Gasteiger partial charge in [0.25, 0.3) is 11.8 Å². The highest BCUT2D eigenvalue weighted by Crippen LogP contribution is 2.17. The molecule has 6 heteroatoms. The van der Waals surface area contributed by atoms with Crippen LogP contribution in [0.2, 0.25) is 0 Å². The average Bonchev–Trinajstić information content (AvgIpc) is 2.48. The summed E-state index contributed by atoms with van der Waals surface area (Å²) in [5.41, 5.74) is 0.718. The molecule has 2 rings (SSSR count). The molecule has 6 nitrogen and oxygen atoms in total. The van der Waals surface area contributed by atoms with Gasteiger partial charge in [0.1, 0.15) is 0 Å². The monoisotopic (exact) mass is 262 g/mol. The number of ether oxygens (including phenoxy) is 1. The average molecular weight is 262 g/mol. The lowest BCUT2D eigenvalue weighted by atomic mass is 10.1. The Morgan fingerprint density at radius 3 is 2.58 bits per heavy atom. The summed E-state index contributed by atoms with van der Waals surface area (Å²) in [6.45, 7) is 2.06. The van der Waals surface area contributed by atoms with E-state index in [1.807, 2.05) is 0 Å². The molecule has 0 atom stereocenters. The molecule has 0 spiro atoms. The number of nitrogens with zero attached hydrogens (tertiary/aromatic N) is 1. The molecule has 0 aliphatic carbocycles. The van der Waals surface area contributed by atoms with Crippen LogP contribution in [0.1, 0.15) is 10.4 Å². The van der Waals surface area contributed by atoms with E-state index in [-0.39, 0.29) is 12.2 Å². The molecule has 0 radical (unpaired) electrons. The van der Waals surface area contributed by atoms with E-state index >= 15 is 0 Å². The Kier molecular flexibility index (Phi) is 4.25. The Hall–Kier alpha value is -2.21. The number of benzene rings is 1. The van der Waals surface area contributed by atoms with Crippen molar-refractivity contribution in [2.45, 2.75) is 0 Å². The van der Waals surface area contributed by atoms with E-state index in [0.717, 1.165) is 0 Å². The number of hydrogen-bond donors (Lipinski definition) is 1. The number of para-hydroxylation sites is 1. The van der Waals surface area contributed by atoms with Crippen molar-refractivity contribution in [3.05, 3.63) is 29.8 Å². The SMILES string of the molecule is O=CC(=O)Nc1ccccc1C(=O)N1CCOCC1. The number of carbonyl (C=O) groups is 3. The van der Waals surface area contributed by atoms with Crippen molar-refractivity contribution >= 4 is 23.8 Å². The van der Waals surface area contributed by atoms with Gasteiger partial charge >= 0.3 is 0 Å². The molecule has 1 aromatic carbocycles. The molecule has 0 aromatic heterocycles. The zero-order chi connectivity index (χ0) is 13.7. The normalized spacial score (nSPS) is 14.8. The van der Waals surface area contributed by atoms with Crippen LogP contribution in [-0.4, -0.2) is 49.3 Å². The molecular weight excluding hydrogens is 248 g/mol. The third-order valence-corrected chi connectivity index (χ3v) is 2.82. The molecule has 0 bridgehead atoms. The lowest BCUT2D eigenvalue weighted by molar-refractivity contribution is -0.127. The van der Waals surface area contributed by atoms with Crippen LogP contribution in [0.5, 0.6) is 0 Å². The van der Waals surface area contributed by atoms with Crippen molar-refractivity contribution in [2.24, 2.45) is 0 Å². The lowest BCUT2D eigenvalue weighted by Crippen LogP contribution is -2.41. The standard InChI is InChI=1S/C13H14N2O4/c16-9-12(17)14-11-4-2-1-3-10(11)13(18)15-5-7-19-8-6-15/h1-4,9H,5-8H2,(H,14,17). The van der Waals surface area contributed by atoms with E-state index in [1.54, 1.807) is 29.2 Å². The van der Waals surface area contributed by atoms with Crippen LogP contribution >= 0.6 is 0 Å². The third kappa shape index (κ3) is 3.17. The number of aldehydes is 1. The summed E-state index contributed by atoms with van der Waals surface area (Å²) < 4.78 is 5.19. The summed E-state index contributed by atoms with van der Waals surface area (Å²) in [6, 6.07) is 6.62. The first-order valence-corrected chi connectivity index (χ1v) is 5.94. The van der Waals surface area contributed by atoms with Gasteiger partial charge in [-0.15, -0.1) is 0 Å². The minimum absolute atomic E-state index is 0.176. The summed E-state index contributed by atoms with van der Waals surface area (Å²) in [5.74, 6) is -0.952. The minimum atomic E-state index is -0.776. The van der Waals surface area contributed by atoms with E-state index < -0.39 is 5.91 Å². The first-order valence-electron chi connectivity index (χ1n) is 5.94. The van der Waals surface area contributed by atoms with Crippen LogP contribution in [0.25, 0.3) is 0 Å². The second kappa shape index (κ2) is 6.10. The van der Waals surface area contributed by atoms with Gasteiger partial charge in [0.2, 0.25) is 6.29 Å². The van der Waals surface area contributed by atoms with Crippen LogP contribution in [0.4, 0.5) is 5.69 Å². The fourth-order valence-electron chi connectivity index (χ4n) is 1.88. The van der Waals surface area contributed by atoms with Gasteiger partial charge in [-0.3, -0.25) is 14.4 Å². The molecule has 19 heavy (non-hydrogen) atoms. The third-order valence-electron chi connectivity index (χ3n) is 2.82. The van der Waals surface area contributed by atoms with E-state index in [9.17, 15) is 14.4 Å². The highest BCUT2D eigenvalue weighted by molar-refractivity contribution is 6.30. The molecule has 1 aliphatic heterocycles. The maximum atomic E-state index is 12.3. The summed E-state index contributed by atoms with van der Waals surface area (Å²) in [4.78, 5) is 35.5. The van der Waals surface area contributed by atoms with Gasteiger partial charge in [-0.1, -0.05) is 12.1 Å². The fraction of sp³-hybridized carbons (Fsp3) is 0.308. The summed E-state index contributed by atoms with van der Waals surface area (Å²) in [7, 11) is 0. The topological polar surface area (TPSA) is 75.7 Å². The van der Waals surface area contributed by atoms with Gasteiger partial charge in [-0.25, -0.2) is 0 Å². The van der Waals surface area contributed by atoms with E-state index in [0.29, 0.717) is 37.6 Å². The van der Waals surface area contributed by atoms with Gasteiger partial charge in [0.05, 0.1) is 24.5 Å². The zero-order valence-electron chi connectivity index (χ0n) is 10.3. The Balaban J connectivity index is 2.20. The molecule has 1 saturated heterocycles. The van der Waals surface area contributed by atoms with Crippen molar-refractivity contribution in [2.75, 3.05) is 31.6 Å². The molecule has 2 amide bonds. The number of carbonyl (C=O) groups excluding carboxylic acids is 3. The predicted molar refractivity (Wildman–Crippen MR) is 67.9 cm³/mol. The van der Waals surface area contributed by atoms with Crippen LogP contribution in [-0.2, 0) is 14.3 Å². The summed E-state index contributed by atoms with van der Waals surface area (Å²) in [5, 5.41) is 2.39. The van der Waals surface area contributed by atoms with E-state index in [2.05, 4.69) is 5.32 Å². The smallest absolute Gasteiger partial charge is 0.288 e. The first kappa shape index (κ1) is 13.2. The molecule has 0 saturated carbocycles. The maximum Gasteiger partial charge on any atom is 0.288 e. The quantitative estimate of drug-likeness (QED) is 0.628. The van der Waals surface area contributed by atoms with Gasteiger partial charge in [-0.05, 0) is 12.1 Å². The van der Waals surface area contributed by atoms with Crippen molar-refractivity contribution in [3.8, 4) is 0 Å². The Labute approximate surface area is 110 Å². The Bertz CT molecular complexity index is 495. The molecular formula is C13H14N2O4.